The van der Waals surface area contributed by atoms with Gasteiger partial charge in [0.25, 0.3) is 0 Å². The van der Waals surface area contributed by atoms with Crippen LogP contribution >= 0.6 is 0 Å². The van der Waals surface area contributed by atoms with Gasteiger partial charge in [0.05, 0.1) is 30.6 Å². The molecule has 162 valence electrons. The Morgan fingerprint density at radius 3 is 2.90 bits per heavy atom. The number of hydrogen-bond donors (Lipinski definition) is 2. The normalized spacial score (nSPS) is 25.1. The quantitative estimate of drug-likeness (QED) is 0.678. The van der Waals surface area contributed by atoms with Crippen molar-refractivity contribution in [3.05, 3.63) is 54.1 Å². The maximum absolute atomic E-state index is 5.56. The Morgan fingerprint density at radius 1 is 1.13 bits per heavy atom. The van der Waals surface area contributed by atoms with Crippen molar-refractivity contribution >= 4 is 11.5 Å². The van der Waals surface area contributed by atoms with Crippen LogP contribution in [-0.4, -0.2) is 46.7 Å². The minimum atomic E-state index is 0.182. The second-order valence-corrected chi connectivity index (χ2v) is 9.20. The molecule has 0 aromatic carbocycles. The molecule has 0 radical (unpaired) electrons. The fraction of sp³-hybridized carbons (Fsp3) is 0.500. The van der Waals surface area contributed by atoms with Crippen LogP contribution in [0.15, 0.2) is 42.7 Å². The summed E-state index contributed by atoms with van der Waals surface area (Å²) in [6.07, 6.45) is 9.95. The molecule has 0 unspecified atom stereocenters. The number of fused-ring (bicyclic) bond motifs is 1. The molecule has 2 atom stereocenters. The van der Waals surface area contributed by atoms with Crippen LogP contribution in [0, 0.1) is 0 Å². The number of ether oxygens (including phenoxy) is 1. The van der Waals surface area contributed by atoms with E-state index in [1.165, 1.54) is 18.7 Å². The predicted molar refractivity (Wildman–Crippen MR) is 121 cm³/mol. The Morgan fingerprint density at radius 2 is 2.03 bits per heavy atom. The van der Waals surface area contributed by atoms with E-state index in [0.29, 0.717) is 5.54 Å². The highest BCUT2D eigenvalue weighted by Crippen LogP contribution is 2.39. The molecule has 0 bridgehead atoms. The van der Waals surface area contributed by atoms with Crippen molar-refractivity contribution < 1.29 is 4.74 Å². The van der Waals surface area contributed by atoms with Gasteiger partial charge in [0.15, 0.2) is 0 Å². The van der Waals surface area contributed by atoms with Gasteiger partial charge in [-0.15, -0.1) is 0 Å². The molecule has 2 aliphatic heterocycles. The summed E-state index contributed by atoms with van der Waals surface area (Å²) in [7, 11) is 1.71. The van der Waals surface area contributed by atoms with Crippen LogP contribution in [0.5, 0.6) is 5.75 Å². The summed E-state index contributed by atoms with van der Waals surface area (Å²) < 4.78 is 7.84. The topological polar surface area (TPSA) is 66.7 Å². The van der Waals surface area contributed by atoms with Gasteiger partial charge in [-0.2, -0.15) is 0 Å². The molecule has 1 spiro atoms. The minimum Gasteiger partial charge on any atom is -0.495 e. The molecule has 3 fully saturated rings. The summed E-state index contributed by atoms with van der Waals surface area (Å²) in [6, 6.07) is 10.8. The summed E-state index contributed by atoms with van der Waals surface area (Å²) in [4.78, 5) is 12.2. The van der Waals surface area contributed by atoms with Crippen molar-refractivity contribution in [2.24, 2.45) is 0 Å². The standard InChI is InChI=1S/C24H30N6O/c1-31-20-7-4-12-25-23(20)18-6-2-5-17(27-18)19-15-30-21(28-19)8-3-9-22(30)29-14-13-26-24(16-29)10-11-24/h3-4,7-9,12,15,17-18,26-27H,2,5-6,10-11,13-14,16H2,1H3/t17-,18+/m1/s1. The predicted octanol–water partition coefficient (Wildman–Crippen LogP) is 3.24. The van der Waals surface area contributed by atoms with Crippen molar-refractivity contribution in [1.82, 2.24) is 25.0 Å². The van der Waals surface area contributed by atoms with Crippen LogP contribution in [-0.2, 0) is 0 Å². The Hall–Kier alpha value is -2.64. The van der Waals surface area contributed by atoms with E-state index in [1.807, 2.05) is 18.3 Å². The Kier molecular flexibility index (Phi) is 4.61. The van der Waals surface area contributed by atoms with Gasteiger partial charge in [0.2, 0.25) is 0 Å². The summed E-state index contributed by atoms with van der Waals surface area (Å²) >= 11 is 0. The molecule has 7 nitrogen and oxygen atoms in total. The third-order valence-electron chi connectivity index (χ3n) is 7.14. The van der Waals surface area contributed by atoms with E-state index in [9.17, 15) is 0 Å². The molecule has 5 heterocycles. The zero-order valence-corrected chi connectivity index (χ0v) is 18.1. The second kappa shape index (κ2) is 7.50. The Labute approximate surface area is 182 Å². The fourth-order valence-corrected chi connectivity index (χ4v) is 5.30. The van der Waals surface area contributed by atoms with Gasteiger partial charge in [-0.25, -0.2) is 4.98 Å². The number of pyridine rings is 2. The number of nitrogens with one attached hydrogen (secondary N) is 2. The molecule has 1 saturated carbocycles. The molecule has 2 saturated heterocycles. The van der Waals surface area contributed by atoms with E-state index in [2.05, 4.69) is 49.3 Å². The second-order valence-electron chi connectivity index (χ2n) is 9.20. The van der Waals surface area contributed by atoms with E-state index >= 15 is 0 Å². The Balaban J connectivity index is 1.28. The number of nitrogens with zero attached hydrogens (tertiary/aromatic N) is 4. The minimum absolute atomic E-state index is 0.182. The zero-order valence-electron chi connectivity index (χ0n) is 18.1. The summed E-state index contributed by atoms with van der Waals surface area (Å²) in [5.41, 5.74) is 3.48. The van der Waals surface area contributed by atoms with Crippen molar-refractivity contribution in [3.8, 4) is 5.75 Å². The number of piperazine rings is 1. The van der Waals surface area contributed by atoms with E-state index in [-0.39, 0.29) is 12.1 Å². The zero-order chi connectivity index (χ0) is 20.8. The van der Waals surface area contributed by atoms with Crippen molar-refractivity contribution in [2.45, 2.75) is 49.7 Å². The lowest BCUT2D eigenvalue weighted by Gasteiger charge is -2.35. The fourth-order valence-electron chi connectivity index (χ4n) is 5.30. The van der Waals surface area contributed by atoms with Crippen LogP contribution in [0.3, 0.4) is 0 Å². The summed E-state index contributed by atoms with van der Waals surface area (Å²) in [5, 5.41) is 7.51. The summed E-state index contributed by atoms with van der Waals surface area (Å²) in [6.45, 7) is 3.18. The van der Waals surface area contributed by atoms with Crippen LogP contribution in [0.1, 0.15) is 55.6 Å². The molecular weight excluding hydrogens is 388 g/mol. The highest BCUT2D eigenvalue weighted by molar-refractivity contribution is 5.54. The third-order valence-corrected chi connectivity index (χ3v) is 7.14. The lowest BCUT2D eigenvalue weighted by Crippen LogP contribution is -2.53. The van der Waals surface area contributed by atoms with Crippen LogP contribution < -0.4 is 20.3 Å². The molecule has 6 rings (SSSR count). The number of anilines is 1. The van der Waals surface area contributed by atoms with Gasteiger partial charge in [0.1, 0.15) is 17.2 Å². The van der Waals surface area contributed by atoms with E-state index in [4.69, 9.17) is 9.72 Å². The molecule has 2 N–H and O–H groups in total. The molecule has 3 aromatic heterocycles. The van der Waals surface area contributed by atoms with Gasteiger partial charge >= 0.3 is 0 Å². The molecule has 7 heteroatoms. The number of imidazole rings is 1. The van der Waals surface area contributed by atoms with E-state index in [1.54, 1.807) is 7.11 Å². The average molecular weight is 419 g/mol. The maximum atomic E-state index is 5.56. The first kappa shape index (κ1) is 19.1. The highest BCUT2D eigenvalue weighted by atomic mass is 16.5. The summed E-state index contributed by atoms with van der Waals surface area (Å²) in [5.74, 6) is 2.11. The van der Waals surface area contributed by atoms with Gasteiger partial charge in [-0.3, -0.25) is 9.38 Å². The van der Waals surface area contributed by atoms with Crippen molar-refractivity contribution in [3.63, 3.8) is 0 Å². The van der Waals surface area contributed by atoms with Crippen LogP contribution in [0.4, 0.5) is 5.82 Å². The maximum Gasteiger partial charge on any atom is 0.141 e. The first-order valence-electron chi connectivity index (χ1n) is 11.5. The monoisotopic (exact) mass is 418 g/mol. The Bertz CT molecular complexity index is 1090. The van der Waals surface area contributed by atoms with Crippen LogP contribution in [0.2, 0.25) is 0 Å². The number of aromatic nitrogens is 3. The van der Waals surface area contributed by atoms with Gasteiger partial charge in [0, 0.05) is 37.6 Å². The van der Waals surface area contributed by atoms with E-state index < -0.39 is 0 Å². The lowest BCUT2D eigenvalue weighted by atomic mass is 9.94. The van der Waals surface area contributed by atoms with Crippen molar-refractivity contribution in [2.75, 3.05) is 31.6 Å². The molecular formula is C24H30N6O. The lowest BCUT2D eigenvalue weighted by molar-refractivity contribution is 0.310. The van der Waals surface area contributed by atoms with Gasteiger partial charge in [-0.05, 0) is 56.4 Å². The van der Waals surface area contributed by atoms with Gasteiger partial charge in [-0.1, -0.05) is 6.07 Å². The van der Waals surface area contributed by atoms with E-state index in [0.717, 1.165) is 61.7 Å². The highest BCUT2D eigenvalue weighted by Gasteiger charge is 2.45. The molecule has 31 heavy (non-hydrogen) atoms. The number of methoxy groups -OCH3 is 1. The first-order chi connectivity index (χ1) is 15.2. The molecule has 1 aliphatic carbocycles. The van der Waals surface area contributed by atoms with Crippen molar-refractivity contribution in [1.29, 1.82) is 0 Å². The number of hydrogen-bond acceptors (Lipinski definition) is 6. The smallest absolute Gasteiger partial charge is 0.141 e. The van der Waals surface area contributed by atoms with Gasteiger partial charge < -0.3 is 20.3 Å². The molecule has 3 aliphatic rings. The third kappa shape index (κ3) is 3.46. The van der Waals surface area contributed by atoms with Crippen LogP contribution in [0.25, 0.3) is 5.65 Å². The largest absolute Gasteiger partial charge is 0.495 e. The number of rotatable bonds is 4. The first-order valence-corrected chi connectivity index (χ1v) is 11.5. The number of piperidine rings is 1. The average Bonchev–Trinajstić information content (AvgIpc) is 3.41. The molecule has 3 aromatic rings. The molecule has 0 amide bonds. The SMILES string of the molecule is COc1cccnc1[C@@H]1CCC[C@H](c2cn3c(N4CCNC5(CC5)C4)cccc3n2)N1.